The smallest absolute Gasteiger partial charge is 0.226 e. The van der Waals surface area contributed by atoms with E-state index in [1.54, 1.807) is 18.0 Å². The van der Waals surface area contributed by atoms with Crippen LogP contribution < -0.4 is 10.6 Å². The van der Waals surface area contributed by atoms with E-state index in [1.807, 2.05) is 66.4 Å². The van der Waals surface area contributed by atoms with Gasteiger partial charge in [-0.05, 0) is 74.6 Å². The average Bonchev–Trinajstić information content (AvgIpc) is 3.49. The first-order valence-corrected chi connectivity index (χ1v) is 13.4. The zero-order valence-corrected chi connectivity index (χ0v) is 22.3. The fraction of sp³-hybridized carbons (Fsp3) is 0.207. The number of nitrogens with one attached hydrogen (secondary N) is 2. The van der Waals surface area contributed by atoms with Crippen LogP contribution in [0.25, 0.3) is 0 Å². The number of amides is 1. The fourth-order valence-electron chi connectivity index (χ4n) is 4.31. The zero-order chi connectivity index (χ0) is 25.8. The molecule has 1 aliphatic rings. The van der Waals surface area contributed by atoms with Crippen LogP contribution in [0.15, 0.2) is 99.5 Å². The third-order valence-electron chi connectivity index (χ3n) is 6.25. The van der Waals surface area contributed by atoms with Gasteiger partial charge < -0.3 is 20.0 Å². The topological polar surface area (TPSA) is 70.4 Å². The first kappa shape index (κ1) is 25.0. The van der Waals surface area contributed by atoms with Crippen molar-refractivity contribution in [1.82, 2.24) is 15.2 Å². The Hall–Kier alpha value is -3.62. The van der Waals surface area contributed by atoms with Gasteiger partial charge in [-0.2, -0.15) is 0 Å². The highest BCUT2D eigenvalue weighted by molar-refractivity contribution is 7.99. The predicted octanol–water partition coefficient (Wildman–Crippen LogP) is 6.44. The number of nitrogens with zero attached hydrogens (tertiary/aromatic N) is 2. The van der Waals surface area contributed by atoms with Crippen LogP contribution in [-0.4, -0.2) is 27.4 Å². The van der Waals surface area contributed by atoms with Gasteiger partial charge in [0.15, 0.2) is 10.2 Å². The van der Waals surface area contributed by atoms with Crippen LogP contribution in [0.5, 0.6) is 0 Å². The number of hydrogen-bond donors (Lipinski definition) is 2. The number of anilines is 1. The van der Waals surface area contributed by atoms with E-state index in [9.17, 15) is 4.79 Å². The number of carbonyl (C=O) groups is 1. The van der Waals surface area contributed by atoms with E-state index in [4.69, 9.17) is 16.6 Å². The monoisotopic (exact) mass is 528 g/mol. The molecule has 0 unspecified atom stereocenters. The number of rotatable bonds is 8. The lowest BCUT2D eigenvalue weighted by atomic mass is 10.0. The third-order valence-corrected chi connectivity index (χ3v) is 7.53. The summed E-state index contributed by atoms with van der Waals surface area (Å²) in [4.78, 5) is 20.5. The van der Waals surface area contributed by atoms with Crippen molar-refractivity contribution >= 4 is 40.7 Å². The van der Waals surface area contributed by atoms with Gasteiger partial charge in [-0.1, -0.05) is 53.2 Å². The number of aromatic nitrogens is 1. The van der Waals surface area contributed by atoms with Gasteiger partial charge in [0.25, 0.3) is 0 Å². The van der Waals surface area contributed by atoms with Crippen LogP contribution in [0.3, 0.4) is 0 Å². The lowest BCUT2D eigenvalue weighted by molar-refractivity contribution is -0.116. The van der Waals surface area contributed by atoms with Gasteiger partial charge in [-0.15, -0.1) is 0 Å². The molecule has 2 aromatic heterocycles. The van der Waals surface area contributed by atoms with Gasteiger partial charge >= 0.3 is 0 Å². The van der Waals surface area contributed by atoms with Gasteiger partial charge in [0, 0.05) is 29.7 Å². The molecular weight excluding hydrogens is 500 g/mol. The van der Waals surface area contributed by atoms with Crippen LogP contribution in [0.1, 0.15) is 41.1 Å². The summed E-state index contributed by atoms with van der Waals surface area (Å²) in [5.74, 6) is 0.707. The highest BCUT2D eigenvalue weighted by Gasteiger charge is 2.41. The average molecular weight is 529 g/mol. The molecule has 5 rings (SSSR count). The molecule has 0 spiro atoms. The van der Waals surface area contributed by atoms with E-state index in [2.05, 4.69) is 46.8 Å². The van der Waals surface area contributed by atoms with E-state index >= 15 is 0 Å². The largest absolute Gasteiger partial charge is 0.452 e. The molecule has 1 fully saturated rings. The Morgan fingerprint density at radius 3 is 2.46 bits per heavy atom. The number of carbonyl (C=O) groups excluding carboxylic acids is 1. The summed E-state index contributed by atoms with van der Waals surface area (Å²) in [6.45, 7) is 4.53. The van der Waals surface area contributed by atoms with Crippen molar-refractivity contribution in [2.24, 2.45) is 0 Å². The number of furan rings is 1. The second-order valence-corrected chi connectivity index (χ2v) is 10.5. The molecule has 1 saturated heterocycles. The van der Waals surface area contributed by atoms with Crippen molar-refractivity contribution in [1.29, 1.82) is 0 Å². The van der Waals surface area contributed by atoms with E-state index < -0.39 is 0 Å². The molecule has 0 aliphatic carbocycles. The second kappa shape index (κ2) is 11.2. The standard InChI is InChI=1S/C29H28N4O2S2/c1-19-6-10-21(11-7-19)31-25(34)16-18-33-28(27(32-29(33)36)23-5-3-4-17-30-23)24-14-15-26(35-24)37-22-12-8-20(2)9-13-22/h3-15,17,27-28H,16,18H2,1-2H3,(H,31,34)(H,32,36)/t27-,28+/m1/s1. The van der Waals surface area contributed by atoms with Crippen molar-refractivity contribution in [3.8, 4) is 0 Å². The Bertz CT molecular complexity index is 1370. The molecular formula is C29H28N4O2S2. The Balaban J connectivity index is 1.35. The van der Waals surface area contributed by atoms with E-state index in [1.165, 1.54) is 5.56 Å². The minimum absolute atomic E-state index is 0.0678. The second-order valence-electron chi connectivity index (χ2n) is 9.06. The summed E-state index contributed by atoms with van der Waals surface area (Å²) >= 11 is 7.30. The summed E-state index contributed by atoms with van der Waals surface area (Å²) in [6.07, 6.45) is 2.06. The molecule has 4 aromatic rings. The normalized spacial score (nSPS) is 17.0. The predicted molar refractivity (Wildman–Crippen MR) is 151 cm³/mol. The molecule has 8 heteroatoms. The van der Waals surface area contributed by atoms with E-state index in [-0.39, 0.29) is 24.4 Å². The molecule has 3 heterocycles. The first-order valence-electron chi connectivity index (χ1n) is 12.1. The highest BCUT2D eigenvalue weighted by atomic mass is 32.2. The SMILES string of the molecule is Cc1ccc(NC(=O)CCN2C(=S)N[C@H](c3ccccn3)[C@@H]2c2ccc(Sc3ccc(C)cc3)o2)cc1. The van der Waals surface area contributed by atoms with Gasteiger partial charge in [-0.3, -0.25) is 9.78 Å². The number of aryl methyl sites for hydroxylation is 2. The van der Waals surface area contributed by atoms with Crippen molar-refractivity contribution < 1.29 is 9.21 Å². The van der Waals surface area contributed by atoms with Crippen LogP contribution in [0, 0.1) is 13.8 Å². The molecule has 188 valence electrons. The van der Waals surface area contributed by atoms with Gasteiger partial charge in [-0.25, -0.2) is 0 Å². The minimum atomic E-state index is -0.234. The molecule has 0 radical (unpaired) electrons. The summed E-state index contributed by atoms with van der Waals surface area (Å²) in [7, 11) is 0. The molecule has 0 bridgehead atoms. The number of pyridine rings is 1. The molecule has 2 aromatic carbocycles. The Kier molecular flexibility index (Phi) is 7.58. The zero-order valence-electron chi connectivity index (χ0n) is 20.7. The maximum atomic E-state index is 12.7. The molecule has 2 N–H and O–H groups in total. The van der Waals surface area contributed by atoms with E-state index in [0.717, 1.165) is 32.7 Å². The summed E-state index contributed by atoms with van der Waals surface area (Å²) in [5.41, 5.74) is 4.01. The number of hydrogen-bond acceptors (Lipinski definition) is 5. The lowest BCUT2D eigenvalue weighted by Gasteiger charge is -2.25. The maximum absolute atomic E-state index is 12.7. The number of thiocarbonyl (C=S) groups is 1. The molecule has 1 aliphatic heterocycles. The summed E-state index contributed by atoms with van der Waals surface area (Å²) in [5, 5.41) is 7.76. The Labute approximate surface area is 226 Å². The fourth-order valence-corrected chi connectivity index (χ4v) is 5.42. The minimum Gasteiger partial charge on any atom is -0.452 e. The molecule has 6 nitrogen and oxygen atoms in total. The van der Waals surface area contributed by atoms with Crippen molar-refractivity contribution in [2.75, 3.05) is 11.9 Å². The molecule has 2 atom stereocenters. The quantitative estimate of drug-likeness (QED) is 0.255. The molecule has 37 heavy (non-hydrogen) atoms. The third kappa shape index (κ3) is 6.03. The van der Waals surface area contributed by atoms with Crippen LogP contribution in [0.2, 0.25) is 0 Å². The van der Waals surface area contributed by atoms with Crippen molar-refractivity contribution in [2.45, 2.75) is 42.3 Å². The van der Waals surface area contributed by atoms with Gasteiger partial charge in [0.1, 0.15) is 11.8 Å². The van der Waals surface area contributed by atoms with Crippen LogP contribution in [0.4, 0.5) is 5.69 Å². The summed E-state index contributed by atoms with van der Waals surface area (Å²) in [6, 6.07) is 25.5. The highest BCUT2D eigenvalue weighted by Crippen LogP contribution is 2.41. The van der Waals surface area contributed by atoms with Gasteiger partial charge in [0.05, 0.1) is 11.7 Å². The van der Waals surface area contributed by atoms with Crippen molar-refractivity contribution in [3.63, 3.8) is 0 Å². The van der Waals surface area contributed by atoms with E-state index in [0.29, 0.717) is 11.7 Å². The van der Waals surface area contributed by atoms with Crippen LogP contribution >= 0.6 is 24.0 Å². The Morgan fingerprint density at radius 2 is 1.76 bits per heavy atom. The van der Waals surface area contributed by atoms with Gasteiger partial charge in [0.2, 0.25) is 5.91 Å². The molecule has 0 saturated carbocycles. The maximum Gasteiger partial charge on any atom is 0.226 e. The number of benzene rings is 2. The Morgan fingerprint density at radius 1 is 1.03 bits per heavy atom. The lowest BCUT2D eigenvalue weighted by Crippen LogP contribution is -2.32. The van der Waals surface area contributed by atoms with Crippen LogP contribution in [-0.2, 0) is 4.79 Å². The first-order chi connectivity index (χ1) is 18.0. The molecule has 1 amide bonds. The summed E-state index contributed by atoms with van der Waals surface area (Å²) < 4.78 is 6.34. The van der Waals surface area contributed by atoms with Crippen molar-refractivity contribution in [3.05, 3.63) is 108 Å².